The summed E-state index contributed by atoms with van der Waals surface area (Å²) >= 11 is 0. The number of rotatable bonds is 7. The molecule has 0 radical (unpaired) electrons. The molecular formula is C16H25NO2. The van der Waals surface area contributed by atoms with E-state index in [0.717, 1.165) is 30.6 Å². The maximum atomic E-state index is 12.0. The second-order valence-corrected chi connectivity index (χ2v) is 4.92. The lowest BCUT2D eigenvalue weighted by Gasteiger charge is -2.19. The number of ether oxygens (including phenoxy) is 1. The van der Waals surface area contributed by atoms with Gasteiger partial charge in [0.25, 0.3) is 5.91 Å². The van der Waals surface area contributed by atoms with Crippen LogP contribution in [0.2, 0.25) is 0 Å². The van der Waals surface area contributed by atoms with E-state index in [1.807, 2.05) is 31.2 Å². The number of carbonyl (C=O) groups excluding carboxylic acids is 1. The van der Waals surface area contributed by atoms with Crippen LogP contribution in [-0.2, 0) is 11.2 Å². The van der Waals surface area contributed by atoms with Gasteiger partial charge in [0.1, 0.15) is 5.75 Å². The Morgan fingerprint density at radius 2 is 1.95 bits per heavy atom. The first-order chi connectivity index (χ1) is 9.08. The van der Waals surface area contributed by atoms with Crippen molar-refractivity contribution < 1.29 is 9.53 Å². The Morgan fingerprint density at radius 3 is 2.58 bits per heavy atom. The van der Waals surface area contributed by atoms with Crippen molar-refractivity contribution in [3.63, 3.8) is 0 Å². The van der Waals surface area contributed by atoms with Crippen LogP contribution < -0.4 is 10.1 Å². The van der Waals surface area contributed by atoms with E-state index in [1.165, 1.54) is 0 Å². The Labute approximate surface area is 116 Å². The van der Waals surface area contributed by atoms with Crippen LogP contribution in [0.25, 0.3) is 0 Å². The SMILES string of the molecule is CCC[C@@H](C)NC(=O)[C@H](C)Oc1ccccc1CC. The summed E-state index contributed by atoms with van der Waals surface area (Å²) in [6, 6.07) is 8.06. The van der Waals surface area contributed by atoms with E-state index in [0.29, 0.717) is 0 Å². The molecule has 3 heteroatoms. The monoisotopic (exact) mass is 263 g/mol. The first-order valence-electron chi connectivity index (χ1n) is 7.13. The largest absolute Gasteiger partial charge is 0.481 e. The fourth-order valence-electron chi connectivity index (χ4n) is 2.02. The number of amides is 1. The van der Waals surface area contributed by atoms with Crippen molar-refractivity contribution in [3.8, 4) is 5.75 Å². The summed E-state index contributed by atoms with van der Waals surface area (Å²) in [7, 11) is 0. The second-order valence-electron chi connectivity index (χ2n) is 4.92. The second kappa shape index (κ2) is 7.82. The molecule has 0 aromatic heterocycles. The van der Waals surface area contributed by atoms with Gasteiger partial charge in [-0.1, -0.05) is 38.5 Å². The van der Waals surface area contributed by atoms with Crippen LogP contribution in [0.1, 0.15) is 46.1 Å². The van der Waals surface area contributed by atoms with Crippen LogP contribution >= 0.6 is 0 Å². The third-order valence-electron chi connectivity index (χ3n) is 3.14. The molecule has 1 N–H and O–H groups in total. The zero-order valence-corrected chi connectivity index (χ0v) is 12.4. The molecule has 2 atom stereocenters. The van der Waals surface area contributed by atoms with E-state index in [2.05, 4.69) is 19.2 Å². The highest BCUT2D eigenvalue weighted by Crippen LogP contribution is 2.19. The molecule has 0 fully saturated rings. The summed E-state index contributed by atoms with van der Waals surface area (Å²) in [5.74, 6) is 0.752. The molecule has 19 heavy (non-hydrogen) atoms. The Morgan fingerprint density at radius 1 is 1.26 bits per heavy atom. The molecule has 0 aliphatic rings. The van der Waals surface area contributed by atoms with Gasteiger partial charge in [0.05, 0.1) is 0 Å². The van der Waals surface area contributed by atoms with Gasteiger partial charge in [0.2, 0.25) is 0 Å². The van der Waals surface area contributed by atoms with Crippen molar-refractivity contribution in [1.82, 2.24) is 5.32 Å². The van der Waals surface area contributed by atoms with Crippen molar-refractivity contribution in [1.29, 1.82) is 0 Å². The van der Waals surface area contributed by atoms with Crippen molar-refractivity contribution in [2.75, 3.05) is 0 Å². The lowest BCUT2D eigenvalue weighted by atomic mass is 10.1. The molecule has 3 nitrogen and oxygen atoms in total. The first-order valence-corrected chi connectivity index (χ1v) is 7.13. The van der Waals surface area contributed by atoms with Gasteiger partial charge in [-0.25, -0.2) is 0 Å². The number of aryl methyl sites for hydroxylation is 1. The average Bonchev–Trinajstić information content (AvgIpc) is 2.39. The van der Waals surface area contributed by atoms with Crippen molar-refractivity contribution >= 4 is 5.91 Å². The standard InChI is InChI=1S/C16H25NO2/c1-5-9-12(3)17-16(18)13(4)19-15-11-8-7-10-14(15)6-2/h7-8,10-13H,5-6,9H2,1-4H3,(H,17,18)/t12-,13+/m1/s1. The number of nitrogens with one attached hydrogen (secondary N) is 1. The van der Waals surface area contributed by atoms with Crippen molar-refractivity contribution in [2.24, 2.45) is 0 Å². The molecule has 0 spiro atoms. The zero-order valence-electron chi connectivity index (χ0n) is 12.4. The molecule has 1 rings (SSSR count). The average molecular weight is 263 g/mol. The zero-order chi connectivity index (χ0) is 14.3. The molecule has 0 bridgehead atoms. The van der Waals surface area contributed by atoms with Crippen LogP contribution in [0.4, 0.5) is 0 Å². The molecule has 106 valence electrons. The van der Waals surface area contributed by atoms with Crippen LogP contribution in [-0.4, -0.2) is 18.1 Å². The normalized spacial score (nSPS) is 13.7. The van der Waals surface area contributed by atoms with Gasteiger partial charge in [0, 0.05) is 6.04 Å². The highest BCUT2D eigenvalue weighted by molar-refractivity contribution is 5.81. The van der Waals surface area contributed by atoms with Gasteiger partial charge in [-0.15, -0.1) is 0 Å². The summed E-state index contributed by atoms with van der Waals surface area (Å²) in [4.78, 5) is 12.0. The Hall–Kier alpha value is -1.51. The summed E-state index contributed by atoms with van der Waals surface area (Å²) in [5, 5.41) is 2.97. The van der Waals surface area contributed by atoms with Crippen LogP contribution in [0, 0.1) is 0 Å². The highest BCUT2D eigenvalue weighted by atomic mass is 16.5. The third kappa shape index (κ3) is 4.93. The quantitative estimate of drug-likeness (QED) is 0.819. The molecule has 1 amide bonds. The minimum Gasteiger partial charge on any atom is -0.481 e. The van der Waals surface area contributed by atoms with E-state index < -0.39 is 6.10 Å². The molecule has 0 heterocycles. The predicted molar refractivity (Wildman–Crippen MR) is 78.4 cm³/mol. The number of carbonyl (C=O) groups is 1. The molecule has 0 unspecified atom stereocenters. The van der Waals surface area contributed by atoms with Crippen molar-refractivity contribution in [2.45, 2.75) is 59.1 Å². The minimum atomic E-state index is -0.466. The predicted octanol–water partition coefficient (Wildman–Crippen LogP) is 3.32. The van der Waals surface area contributed by atoms with E-state index in [4.69, 9.17) is 4.74 Å². The van der Waals surface area contributed by atoms with Gasteiger partial charge in [-0.05, 0) is 38.3 Å². The molecule has 0 saturated heterocycles. The van der Waals surface area contributed by atoms with Gasteiger partial charge in [-0.2, -0.15) is 0 Å². The molecule has 0 saturated carbocycles. The summed E-state index contributed by atoms with van der Waals surface area (Å²) in [5.41, 5.74) is 1.13. The van der Waals surface area contributed by atoms with Crippen LogP contribution in [0.15, 0.2) is 24.3 Å². The smallest absolute Gasteiger partial charge is 0.260 e. The molecule has 0 aliphatic heterocycles. The highest BCUT2D eigenvalue weighted by Gasteiger charge is 2.17. The van der Waals surface area contributed by atoms with Crippen LogP contribution in [0.5, 0.6) is 5.75 Å². The van der Waals surface area contributed by atoms with Gasteiger partial charge in [-0.3, -0.25) is 4.79 Å². The maximum absolute atomic E-state index is 12.0. The fourth-order valence-corrected chi connectivity index (χ4v) is 2.02. The van der Waals surface area contributed by atoms with E-state index in [9.17, 15) is 4.79 Å². The minimum absolute atomic E-state index is 0.0492. The lowest BCUT2D eigenvalue weighted by Crippen LogP contribution is -2.41. The number of para-hydroxylation sites is 1. The third-order valence-corrected chi connectivity index (χ3v) is 3.14. The Kier molecular flexibility index (Phi) is 6.40. The fraction of sp³-hybridized carbons (Fsp3) is 0.562. The van der Waals surface area contributed by atoms with Crippen LogP contribution in [0.3, 0.4) is 0 Å². The van der Waals surface area contributed by atoms with Crippen molar-refractivity contribution in [3.05, 3.63) is 29.8 Å². The summed E-state index contributed by atoms with van der Waals surface area (Å²) < 4.78 is 5.77. The molecule has 0 aliphatic carbocycles. The Balaban J connectivity index is 2.58. The summed E-state index contributed by atoms with van der Waals surface area (Å²) in [6.45, 7) is 8.00. The lowest BCUT2D eigenvalue weighted by molar-refractivity contribution is -0.127. The van der Waals surface area contributed by atoms with Gasteiger partial charge in [0.15, 0.2) is 6.10 Å². The molecular weight excluding hydrogens is 238 g/mol. The van der Waals surface area contributed by atoms with E-state index >= 15 is 0 Å². The number of hydrogen-bond acceptors (Lipinski definition) is 2. The van der Waals surface area contributed by atoms with E-state index in [1.54, 1.807) is 6.92 Å². The van der Waals surface area contributed by atoms with E-state index in [-0.39, 0.29) is 11.9 Å². The van der Waals surface area contributed by atoms with Gasteiger partial charge >= 0.3 is 0 Å². The number of hydrogen-bond donors (Lipinski definition) is 1. The Bertz CT molecular complexity index is 403. The molecule has 1 aromatic carbocycles. The molecule has 1 aromatic rings. The van der Waals surface area contributed by atoms with Gasteiger partial charge < -0.3 is 10.1 Å². The first kappa shape index (κ1) is 15.5. The maximum Gasteiger partial charge on any atom is 0.260 e. The number of benzene rings is 1. The topological polar surface area (TPSA) is 38.3 Å². The summed E-state index contributed by atoms with van der Waals surface area (Å²) in [6.07, 6.45) is 2.49.